The SMILES string of the molecule is Cc1ccc(-c2cc(C(=O)N[C@H](C)C34CC5CC(CC(C5)C3)C4)c3ccccc3n2)s1. The maximum absolute atomic E-state index is 13.6. The molecule has 1 amide bonds. The van der Waals surface area contributed by atoms with Crippen LogP contribution >= 0.6 is 11.3 Å². The first kappa shape index (κ1) is 19.5. The van der Waals surface area contributed by atoms with Crippen molar-refractivity contribution in [2.75, 3.05) is 0 Å². The molecular weight excluding hydrogens is 400 g/mol. The van der Waals surface area contributed by atoms with Gasteiger partial charge in [-0.15, -0.1) is 11.3 Å². The third kappa shape index (κ3) is 3.31. The number of hydrogen-bond acceptors (Lipinski definition) is 3. The van der Waals surface area contributed by atoms with Crippen molar-refractivity contribution in [3.8, 4) is 10.6 Å². The monoisotopic (exact) mass is 430 g/mol. The number of nitrogens with zero attached hydrogens (tertiary/aromatic N) is 1. The average molecular weight is 431 g/mol. The lowest BCUT2D eigenvalue weighted by Gasteiger charge is -2.59. The fourth-order valence-electron chi connectivity index (χ4n) is 7.20. The summed E-state index contributed by atoms with van der Waals surface area (Å²) >= 11 is 1.73. The zero-order valence-corrected chi connectivity index (χ0v) is 19.2. The van der Waals surface area contributed by atoms with E-state index in [1.165, 1.54) is 43.4 Å². The normalized spacial score (nSPS) is 29.9. The van der Waals surface area contributed by atoms with Gasteiger partial charge in [0.05, 0.1) is 21.7 Å². The third-order valence-electron chi connectivity index (χ3n) is 8.31. The van der Waals surface area contributed by atoms with Crippen LogP contribution in [0.1, 0.15) is 60.7 Å². The molecule has 0 radical (unpaired) electrons. The number of fused-ring (bicyclic) bond motifs is 1. The van der Waals surface area contributed by atoms with Gasteiger partial charge in [0.1, 0.15) is 0 Å². The average Bonchev–Trinajstić information content (AvgIpc) is 3.18. The van der Waals surface area contributed by atoms with Gasteiger partial charge in [-0.25, -0.2) is 4.98 Å². The standard InChI is InChI=1S/C27H30N2OS/c1-16-7-8-25(31-16)24-12-22(21-5-3-4-6-23(21)29-24)26(30)28-17(2)27-13-18-9-19(14-27)11-20(10-18)15-27/h3-8,12,17-20H,9-11,13-15H2,1-2H3,(H,28,30)/t17-,18?,19?,20?,27?/m1/s1. The van der Waals surface area contributed by atoms with Gasteiger partial charge >= 0.3 is 0 Å². The Bertz CT molecular complexity index is 1130. The van der Waals surface area contributed by atoms with E-state index in [2.05, 4.69) is 31.3 Å². The molecule has 3 aromatic rings. The third-order valence-corrected chi connectivity index (χ3v) is 9.33. The Labute approximate surface area is 188 Å². The number of para-hydroxylation sites is 1. The zero-order chi connectivity index (χ0) is 21.2. The maximum Gasteiger partial charge on any atom is 0.252 e. The number of carbonyl (C=O) groups excluding carboxylic acids is 1. The van der Waals surface area contributed by atoms with E-state index in [9.17, 15) is 4.79 Å². The summed E-state index contributed by atoms with van der Waals surface area (Å²) in [5.41, 5.74) is 2.84. The molecule has 0 aliphatic heterocycles. The Morgan fingerprint density at radius 2 is 1.74 bits per heavy atom. The Kier molecular flexibility index (Phi) is 4.50. The number of rotatable bonds is 4. The van der Waals surface area contributed by atoms with E-state index in [0.717, 1.165) is 44.8 Å². The van der Waals surface area contributed by atoms with Crippen LogP contribution in [0.2, 0.25) is 0 Å². The molecule has 4 aliphatic carbocycles. The van der Waals surface area contributed by atoms with Crippen molar-refractivity contribution < 1.29 is 4.79 Å². The summed E-state index contributed by atoms with van der Waals surface area (Å²) in [5.74, 6) is 2.72. The van der Waals surface area contributed by atoms with Crippen molar-refractivity contribution >= 4 is 28.1 Å². The molecule has 1 atom stereocenters. The van der Waals surface area contributed by atoms with Crippen molar-refractivity contribution in [2.45, 2.75) is 58.4 Å². The number of thiophene rings is 1. The van der Waals surface area contributed by atoms with E-state index in [-0.39, 0.29) is 11.9 Å². The molecule has 4 heteroatoms. The Balaban J connectivity index is 1.33. The fraction of sp³-hybridized carbons (Fsp3) is 0.481. The van der Waals surface area contributed by atoms with Crippen LogP contribution in [-0.2, 0) is 0 Å². The summed E-state index contributed by atoms with van der Waals surface area (Å²) in [5, 5.41) is 4.41. The van der Waals surface area contributed by atoms with Crippen molar-refractivity contribution in [1.29, 1.82) is 0 Å². The topological polar surface area (TPSA) is 42.0 Å². The molecule has 0 spiro atoms. The summed E-state index contributed by atoms with van der Waals surface area (Å²) in [4.78, 5) is 20.9. The number of aromatic nitrogens is 1. The second kappa shape index (κ2) is 7.16. The number of benzene rings is 1. The van der Waals surface area contributed by atoms with Crippen molar-refractivity contribution in [3.63, 3.8) is 0 Å². The first-order chi connectivity index (χ1) is 15.0. The molecule has 1 aromatic carbocycles. The molecule has 3 nitrogen and oxygen atoms in total. The highest BCUT2D eigenvalue weighted by Crippen LogP contribution is 2.61. The molecule has 0 saturated heterocycles. The number of amides is 1. The maximum atomic E-state index is 13.6. The second-order valence-electron chi connectivity index (χ2n) is 10.5. The molecule has 7 rings (SSSR count). The van der Waals surface area contributed by atoms with E-state index in [1.54, 1.807) is 11.3 Å². The van der Waals surface area contributed by atoms with E-state index < -0.39 is 0 Å². The molecule has 4 aliphatic rings. The smallest absolute Gasteiger partial charge is 0.252 e. The highest BCUT2D eigenvalue weighted by atomic mass is 32.1. The zero-order valence-electron chi connectivity index (χ0n) is 18.4. The molecule has 160 valence electrons. The Morgan fingerprint density at radius 1 is 1.06 bits per heavy atom. The van der Waals surface area contributed by atoms with Gasteiger partial charge in [-0.3, -0.25) is 4.79 Å². The molecule has 4 fully saturated rings. The summed E-state index contributed by atoms with van der Waals surface area (Å²) in [7, 11) is 0. The van der Waals surface area contributed by atoms with Crippen LogP contribution in [0, 0.1) is 30.1 Å². The van der Waals surface area contributed by atoms with E-state index in [0.29, 0.717) is 5.41 Å². The predicted molar refractivity (Wildman–Crippen MR) is 127 cm³/mol. The van der Waals surface area contributed by atoms with Gasteiger partial charge in [0.2, 0.25) is 0 Å². The lowest BCUT2D eigenvalue weighted by atomic mass is 9.48. The first-order valence-electron chi connectivity index (χ1n) is 11.8. The van der Waals surface area contributed by atoms with Crippen molar-refractivity contribution in [3.05, 3.63) is 52.9 Å². The first-order valence-corrected chi connectivity index (χ1v) is 12.6. The van der Waals surface area contributed by atoms with Gasteiger partial charge in [-0.2, -0.15) is 0 Å². The number of aryl methyl sites for hydroxylation is 1. The van der Waals surface area contributed by atoms with Crippen LogP contribution in [0.4, 0.5) is 0 Å². The molecule has 31 heavy (non-hydrogen) atoms. The highest BCUT2D eigenvalue weighted by Gasteiger charge is 2.53. The summed E-state index contributed by atoms with van der Waals surface area (Å²) in [6.07, 6.45) is 8.20. The van der Waals surface area contributed by atoms with Crippen molar-refractivity contribution in [2.24, 2.45) is 23.2 Å². The molecule has 1 N–H and O–H groups in total. The number of carbonyl (C=O) groups is 1. The van der Waals surface area contributed by atoms with Gasteiger partial charge in [0.25, 0.3) is 5.91 Å². The van der Waals surface area contributed by atoms with Gasteiger partial charge in [0.15, 0.2) is 0 Å². The van der Waals surface area contributed by atoms with E-state index in [1.807, 2.05) is 30.3 Å². The minimum atomic E-state index is 0.0522. The molecule has 2 aromatic heterocycles. The van der Waals surface area contributed by atoms with E-state index in [4.69, 9.17) is 4.98 Å². The van der Waals surface area contributed by atoms with Crippen molar-refractivity contribution in [1.82, 2.24) is 10.3 Å². The molecular formula is C27H30N2OS. The molecule has 2 heterocycles. The van der Waals surface area contributed by atoms with Crippen LogP contribution in [0.3, 0.4) is 0 Å². The minimum absolute atomic E-state index is 0.0522. The summed E-state index contributed by atoms with van der Waals surface area (Å²) < 4.78 is 0. The van der Waals surface area contributed by atoms with Gasteiger partial charge in [-0.1, -0.05) is 18.2 Å². The van der Waals surface area contributed by atoms with Gasteiger partial charge in [-0.05, 0) is 99.8 Å². The Morgan fingerprint density at radius 3 is 2.39 bits per heavy atom. The lowest BCUT2D eigenvalue weighted by Crippen LogP contribution is -2.55. The highest BCUT2D eigenvalue weighted by molar-refractivity contribution is 7.15. The number of nitrogens with one attached hydrogen (secondary N) is 1. The Hall–Kier alpha value is -2.20. The predicted octanol–water partition coefficient (Wildman–Crippen LogP) is 6.61. The van der Waals surface area contributed by atoms with Crippen LogP contribution in [-0.4, -0.2) is 16.9 Å². The quantitative estimate of drug-likeness (QED) is 0.506. The second-order valence-corrected chi connectivity index (χ2v) is 11.7. The molecule has 4 bridgehead atoms. The fourth-order valence-corrected chi connectivity index (χ4v) is 8.03. The largest absolute Gasteiger partial charge is 0.349 e. The van der Waals surface area contributed by atoms with E-state index >= 15 is 0 Å². The van der Waals surface area contributed by atoms with Crippen LogP contribution < -0.4 is 5.32 Å². The molecule has 0 unspecified atom stereocenters. The van der Waals surface area contributed by atoms with Gasteiger partial charge < -0.3 is 5.32 Å². The summed E-state index contributed by atoms with van der Waals surface area (Å²) in [6.45, 7) is 4.37. The molecule has 4 saturated carbocycles. The van der Waals surface area contributed by atoms with Crippen LogP contribution in [0.5, 0.6) is 0 Å². The van der Waals surface area contributed by atoms with Crippen LogP contribution in [0.15, 0.2) is 42.5 Å². The van der Waals surface area contributed by atoms with Crippen LogP contribution in [0.25, 0.3) is 21.5 Å². The number of hydrogen-bond donors (Lipinski definition) is 1. The number of pyridine rings is 1. The lowest BCUT2D eigenvalue weighted by molar-refractivity contribution is -0.0687. The minimum Gasteiger partial charge on any atom is -0.349 e. The summed E-state index contributed by atoms with van der Waals surface area (Å²) in [6, 6.07) is 14.5. The van der Waals surface area contributed by atoms with Gasteiger partial charge in [0, 0.05) is 16.3 Å².